The Morgan fingerprint density at radius 3 is 2.41 bits per heavy atom. The number of aromatic nitrogens is 2. The second-order valence-electron chi connectivity index (χ2n) is 5.50. The molecule has 2 aromatic carbocycles. The van der Waals surface area contributed by atoms with Gasteiger partial charge in [-0.25, -0.2) is 18.4 Å². The van der Waals surface area contributed by atoms with Crippen LogP contribution in [0.1, 0.15) is 10.5 Å². The standard InChI is InChI=1S/C18H15ClN4O3S/c1-23(17-5-3-2-4-15(17)19)27(25,26)14-8-6-13(7-9-14)22-18(24)16-10-11-20-12-21-16/h2-12H,1H3,(H,22,24). The maximum Gasteiger partial charge on any atom is 0.274 e. The molecule has 0 saturated heterocycles. The van der Waals surface area contributed by atoms with Crippen LogP contribution in [0.3, 0.4) is 0 Å². The average molecular weight is 403 g/mol. The quantitative estimate of drug-likeness (QED) is 0.707. The van der Waals surface area contributed by atoms with Crippen molar-refractivity contribution in [3.05, 3.63) is 77.8 Å². The number of rotatable bonds is 5. The van der Waals surface area contributed by atoms with Gasteiger partial charge in [-0.1, -0.05) is 23.7 Å². The molecule has 138 valence electrons. The minimum Gasteiger partial charge on any atom is -0.321 e. The number of carbonyl (C=O) groups excluding carboxylic acids is 1. The Morgan fingerprint density at radius 1 is 1.07 bits per heavy atom. The zero-order chi connectivity index (χ0) is 19.4. The molecular weight excluding hydrogens is 388 g/mol. The summed E-state index contributed by atoms with van der Waals surface area (Å²) in [6.07, 6.45) is 2.73. The monoisotopic (exact) mass is 402 g/mol. The number of nitrogens with zero attached hydrogens (tertiary/aromatic N) is 3. The van der Waals surface area contributed by atoms with E-state index in [-0.39, 0.29) is 10.6 Å². The summed E-state index contributed by atoms with van der Waals surface area (Å²) in [7, 11) is -2.36. The van der Waals surface area contributed by atoms with Crippen molar-refractivity contribution in [1.29, 1.82) is 0 Å². The van der Waals surface area contributed by atoms with Crippen LogP contribution < -0.4 is 9.62 Å². The van der Waals surface area contributed by atoms with Crippen LogP contribution in [0, 0.1) is 0 Å². The summed E-state index contributed by atoms with van der Waals surface area (Å²) in [6.45, 7) is 0. The number of hydrogen-bond donors (Lipinski definition) is 1. The lowest BCUT2D eigenvalue weighted by Gasteiger charge is -2.20. The summed E-state index contributed by atoms with van der Waals surface area (Å²) < 4.78 is 26.7. The van der Waals surface area contributed by atoms with Crippen LogP contribution in [0.4, 0.5) is 11.4 Å². The Balaban J connectivity index is 1.80. The van der Waals surface area contributed by atoms with E-state index in [9.17, 15) is 13.2 Å². The summed E-state index contributed by atoms with van der Waals surface area (Å²) in [5.41, 5.74) is 1.03. The lowest BCUT2D eigenvalue weighted by atomic mass is 10.3. The molecule has 1 aromatic heterocycles. The van der Waals surface area contributed by atoms with Crippen molar-refractivity contribution in [2.45, 2.75) is 4.90 Å². The first-order chi connectivity index (χ1) is 12.9. The van der Waals surface area contributed by atoms with Crippen LogP contribution in [-0.2, 0) is 10.0 Å². The number of anilines is 2. The molecule has 0 spiro atoms. The van der Waals surface area contributed by atoms with Gasteiger partial charge >= 0.3 is 0 Å². The van der Waals surface area contributed by atoms with E-state index in [2.05, 4.69) is 15.3 Å². The predicted molar refractivity (Wildman–Crippen MR) is 103 cm³/mol. The highest BCUT2D eigenvalue weighted by Crippen LogP contribution is 2.29. The van der Waals surface area contributed by atoms with Crippen molar-refractivity contribution in [3.8, 4) is 0 Å². The Morgan fingerprint density at radius 2 is 1.78 bits per heavy atom. The normalized spacial score (nSPS) is 11.0. The second kappa shape index (κ2) is 7.73. The van der Waals surface area contributed by atoms with Crippen molar-refractivity contribution in [2.24, 2.45) is 0 Å². The molecule has 0 aliphatic rings. The van der Waals surface area contributed by atoms with Crippen LogP contribution >= 0.6 is 11.6 Å². The molecule has 0 aliphatic heterocycles. The molecule has 1 N–H and O–H groups in total. The maximum atomic E-state index is 12.8. The van der Waals surface area contributed by atoms with Gasteiger partial charge in [-0.05, 0) is 42.5 Å². The predicted octanol–water partition coefficient (Wildman–Crippen LogP) is 3.21. The van der Waals surface area contributed by atoms with Gasteiger partial charge in [0.05, 0.1) is 15.6 Å². The van der Waals surface area contributed by atoms with E-state index in [0.717, 1.165) is 4.31 Å². The molecular formula is C18H15ClN4O3S. The van der Waals surface area contributed by atoms with E-state index >= 15 is 0 Å². The van der Waals surface area contributed by atoms with E-state index in [0.29, 0.717) is 16.4 Å². The van der Waals surface area contributed by atoms with Gasteiger partial charge in [0.1, 0.15) is 12.0 Å². The minimum absolute atomic E-state index is 0.0740. The van der Waals surface area contributed by atoms with Gasteiger partial charge in [-0.15, -0.1) is 0 Å². The number of halogens is 1. The molecule has 3 aromatic rings. The average Bonchev–Trinajstić information content (AvgIpc) is 2.69. The third-order valence-electron chi connectivity index (χ3n) is 3.78. The summed E-state index contributed by atoms with van der Waals surface area (Å²) in [4.78, 5) is 19.8. The van der Waals surface area contributed by atoms with Gasteiger partial charge in [-0.3, -0.25) is 9.10 Å². The van der Waals surface area contributed by atoms with Crippen molar-refractivity contribution < 1.29 is 13.2 Å². The van der Waals surface area contributed by atoms with Crippen molar-refractivity contribution in [1.82, 2.24) is 9.97 Å². The number of hydrogen-bond acceptors (Lipinski definition) is 5. The van der Waals surface area contributed by atoms with E-state index in [1.54, 1.807) is 24.3 Å². The smallest absolute Gasteiger partial charge is 0.274 e. The highest BCUT2D eigenvalue weighted by molar-refractivity contribution is 7.92. The van der Waals surface area contributed by atoms with Crippen molar-refractivity contribution in [2.75, 3.05) is 16.7 Å². The fourth-order valence-corrected chi connectivity index (χ4v) is 3.85. The fourth-order valence-electron chi connectivity index (χ4n) is 2.33. The Labute approximate surface area is 161 Å². The molecule has 0 saturated carbocycles. The Bertz CT molecular complexity index is 1060. The van der Waals surface area contributed by atoms with E-state index in [1.807, 2.05) is 0 Å². The molecule has 27 heavy (non-hydrogen) atoms. The highest BCUT2D eigenvalue weighted by Gasteiger charge is 2.22. The van der Waals surface area contributed by atoms with Crippen LogP contribution in [0.5, 0.6) is 0 Å². The van der Waals surface area contributed by atoms with Gasteiger partial charge < -0.3 is 5.32 Å². The first-order valence-corrected chi connectivity index (χ1v) is 9.62. The SMILES string of the molecule is CN(c1ccccc1Cl)S(=O)(=O)c1ccc(NC(=O)c2ccncn2)cc1. The van der Waals surface area contributed by atoms with E-state index in [4.69, 9.17) is 11.6 Å². The topological polar surface area (TPSA) is 92.3 Å². The summed E-state index contributed by atoms with van der Waals surface area (Å²) in [5, 5.41) is 2.98. The Hall–Kier alpha value is -2.97. The van der Waals surface area contributed by atoms with E-state index < -0.39 is 15.9 Å². The lowest BCUT2D eigenvalue weighted by molar-refractivity contribution is 0.102. The van der Waals surface area contributed by atoms with Gasteiger partial charge in [0.25, 0.3) is 15.9 Å². The first kappa shape index (κ1) is 18.8. The number of benzene rings is 2. The van der Waals surface area contributed by atoms with Gasteiger partial charge in [-0.2, -0.15) is 0 Å². The van der Waals surface area contributed by atoms with Gasteiger partial charge in [0.15, 0.2) is 0 Å². The molecule has 0 bridgehead atoms. The van der Waals surface area contributed by atoms with Crippen molar-refractivity contribution >= 4 is 38.9 Å². The molecule has 0 radical (unpaired) electrons. The molecule has 7 nitrogen and oxygen atoms in total. The molecule has 0 fully saturated rings. The fraction of sp³-hybridized carbons (Fsp3) is 0.0556. The van der Waals surface area contributed by atoms with Crippen LogP contribution in [0.15, 0.2) is 72.0 Å². The second-order valence-corrected chi connectivity index (χ2v) is 7.87. The number of nitrogens with one attached hydrogen (secondary N) is 1. The number of para-hydroxylation sites is 1. The maximum absolute atomic E-state index is 12.8. The molecule has 9 heteroatoms. The number of amides is 1. The molecule has 0 atom stereocenters. The summed E-state index contributed by atoms with van der Waals surface area (Å²) in [6, 6.07) is 14.0. The van der Waals surface area contributed by atoms with Crippen molar-refractivity contribution in [3.63, 3.8) is 0 Å². The Kier molecular flexibility index (Phi) is 5.38. The third-order valence-corrected chi connectivity index (χ3v) is 5.88. The first-order valence-electron chi connectivity index (χ1n) is 7.80. The molecule has 3 rings (SSSR count). The largest absolute Gasteiger partial charge is 0.321 e. The van der Waals surface area contributed by atoms with Crippen LogP contribution in [-0.4, -0.2) is 31.3 Å². The summed E-state index contributed by atoms with van der Waals surface area (Å²) in [5.74, 6) is -0.416. The highest BCUT2D eigenvalue weighted by atomic mass is 35.5. The van der Waals surface area contributed by atoms with Crippen LogP contribution in [0.25, 0.3) is 0 Å². The van der Waals surface area contributed by atoms with E-state index in [1.165, 1.54) is 49.9 Å². The molecule has 0 unspecified atom stereocenters. The third kappa shape index (κ3) is 4.07. The summed E-state index contributed by atoms with van der Waals surface area (Å²) >= 11 is 6.09. The zero-order valence-corrected chi connectivity index (χ0v) is 15.8. The number of carbonyl (C=O) groups is 1. The molecule has 0 aliphatic carbocycles. The zero-order valence-electron chi connectivity index (χ0n) is 14.2. The van der Waals surface area contributed by atoms with Gasteiger partial charge in [0.2, 0.25) is 0 Å². The van der Waals surface area contributed by atoms with Crippen LogP contribution in [0.2, 0.25) is 5.02 Å². The minimum atomic E-state index is -3.80. The number of sulfonamides is 1. The molecule has 1 heterocycles. The van der Waals surface area contributed by atoms with Gasteiger partial charge in [0, 0.05) is 18.9 Å². The lowest BCUT2D eigenvalue weighted by Crippen LogP contribution is -2.26. The molecule has 1 amide bonds.